The first-order chi connectivity index (χ1) is 4.74. The van der Waals surface area contributed by atoms with Crippen LogP contribution in [0.25, 0.3) is 0 Å². The fourth-order valence-electron chi connectivity index (χ4n) is 1.79. The molecule has 0 saturated heterocycles. The van der Waals surface area contributed by atoms with Gasteiger partial charge in [-0.15, -0.1) is 0 Å². The lowest BCUT2D eigenvalue weighted by molar-refractivity contribution is 0.103. The van der Waals surface area contributed by atoms with Gasteiger partial charge < -0.3 is 4.74 Å². The minimum Gasteiger partial charge on any atom is -0.381 e. The van der Waals surface area contributed by atoms with Crippen molar-refractivity contribution >= 4 is 0 Å². The SMILES string of the molecule is CO[C@H]1CCC(C(C)C)C1. The summed E-state index contributed by atoms with van der Waals surface area (Å²) in [7, 11) is 1.83. The molecule has 1 unspecified atom stereocenters. The predicted molar refractivity (Wildman–Crippen MR) is 43.0 cm³/mol. The summed E-state index contributed by atoms with van der Waals surface area (Å²) in [5, 5.41) is 0. The maximum absolute atomic E-state index is 5.29. The van der Waals surface area contributed by atoms with Gasteiger partial charge in [0.05, 0.1) is 6.10 Å². The van der Waals surface area contributed by atoms with Gasteiger partial charge in [-0.3, -0.25) is 0 Å². The van der Waals surface area contributed by atoms with Crippen LogP contribution in [-0.2, 0) is 4.74 Å². The Labute approximate surface area is 63.8 Å². The molecular formula is C9H18O. The molecule has 0 aromatic carbocycles. The molecule has 2 atom stereocenters. The first-order valence-corrected chi connectivity index (χ1v) is 4.26. The van der Waals surface area contributed by atoms with E-state index in [1.54, 1.807) is 0 Å². The standard InChI is InChI=1S/C9H18O/c1-7(2)8-4-5-9(6-8)10-3/h7-9H,4-6H2,1-3H3/t8?,9-/m0/s1. The van der Waals surface area contributed by atoms with E-state index in [4.69, 9.17) is 4.74 Å². The number of rotatable bonds is 2. The fourth-order valence-corrected chi connectivity index (χ4v) is 1.79. The molecule has 0 bridgehead atoms. The van der Waals surface area contributed by atoms with Crippen LogP contribution in [0, 0.1) is 11.8 Å². The minimum absolute atomic E-state index is 0.562. The van der Waals surface area contributed by atoms with Crippen LogP contribution >= 0.6 is 0 Å². The molecule has 0 heterocycles. The second-order valence-corrected chi connectivity index (χ2v) is 3.67. The zero-order chi connectivity index (χ0) is 7.56. The second-order valence-electron chi connectivity index (χ2n) is 3.67. The lowest BCUT2D eigenvalue weighted by atomic mass is 9.95. The third-order valence-corrected chi connectivity index (χ3v) is 2.70. The summed E-state index contributed by atoms with van der Waals surface area (Å²) in [4.78, 5) is 0. The molecule has 0 aromatic rings. The quantitative estimate of drug-likeness (QED) is 0.575. The van der Waals surface area contributed by atoms with Crippen molar-refractivity contribution in [2.45, 2.75) is 39.2 Å². The van der Waals surface area contributed by atoms with Crippen LogP contribution in [0.1, 0.15) is 33.1 Å². The molecular weight excluding hydrogens is 124 g/mol. The van der Waals surface area contributed by atoms with Gasteiger partial charge in [0.15, 0.2) is 0 Å². The third kappa shape index (κ3) is 1.72. The minimum atomic E-state index is 0.562. The monoisotopic (exact) mass is 142 g/mol. The van der Waals surface area contributed by atoms with E-state index in [2.05, 4.69) is 13.8 Å². The van der Waals surface area contributed by atoms with Crippen LogP contribution in [0.3, 0.4) is 0 Å². The molecule has 1 saturated carbocycles. The van der Waals surface area contributed by atoms with Crippen LogP contribution in [0.5, 0.6) is 0 Å². The Balaban J connectivity index is 2.28. The molecule has 0 spiro atoms. The molecule has 1 fully saturated rings. The van der Waals surface area contributed by atoms with Gasteiger partial charge in [0.25, 0.3) is 0 Å². The first-order valence-electron chi connectivity index (χ1n) is 4.26. The molecule has 0 N–H and O–H groups in total. The summed E-state index contributed by atoms with van der Waals surface area (Å²) in [6.07, 6.45) is 4.50. The smallest absolute Gasteiger partial charge is 0.0574 e. The van der Waals surface area contributed by atoms with Crippen molar-refractivity contribution in [3.05, 3.63) is 0 Å². The highest BCUT2D eigenvalue weighted by atomic mass is 16.5. The van der Waals surface area contributed by atoms with Gasteiger partial charge in [0.2, 0.25) is 0 Å². The Morgan fingerprint density at radius 1 is 1.30 bits per heavy atom. The number of hydrogen-bond acceptors (Lipinski definition) is 1. The normalized spacial score (nSPS) is 33.6. The summed E-state index contributed by atoms with van der Waals surface area (Å²) in [5.41, 5.74) is 0. The molecule has 0 aliphatic heterocycles. The average Bonchev–Trinajstić information content (AvgIpc) is 2.34. The molecule has 1 rings (SSSR count). The Kier molecular flexibility index (Phi) is 2.72. The summed E-state index contributed by atoms with van der Waals surface area (Å²) in [5.74, 6) is 1.77. The Morgan fingerprint density at radius 2 is 2.00 bits per heavy atom. The fraction of sp³-hybridized carbons (Fsp3) is 1.00. The zero-order valence-corrected chi connectivity index (χ0v) is 7.26. The van der Waals surface area contributed by atoms with E-state index in [9.17, 15) is 0 Å². The maximum atomic E-state index is 5.29. The molecule has 1 heteroatoms. The lowest BCUT2D eigenvalue weighted by Crippen LogP contribution is -2.08. The van der Waals surface area contributed by atoms with E-state index in [1.807, 2.05) is 7.11 Å². The van der Waals surface area contributed by atoms with E-state index in [0.29, 0.717) is 6.10 Å². The van der Waals surface area contributed by atoms with E-state index in [1.165, 1.54) is 19.3 Å². The van der Waals surface area contributed by atoms with E-state index < -0.39 is 0 Å². The van der Waals surface area contributed by atoms with E-state index in [-0.39, 0.29) is 0 Å². The predicted octanol–water partition coefficient (Wildman–Crippen LogP) is 2.46. The van der Waals surface area contributed by atoms with Gasteiger partial charge in [0.1, 0.15) is 0 Å². The number of methoxy groups -OCH3 is 1. The summed E-state index contributed by atoms with van der Waals surface area (Å²) in [6, 6.07) is 0. The summed E-state index contributed by atoms with van der Waals surface area (Å²) >= 11 is 0. The Morgan fingerprint density at radius 3 is 2.30 bits per heavy atom. The molecule has 1 aliphatic carbocycles. The Hall–Kier alpha value is -0.0400. The van der Waals surface area contributed by atoms with Gasteiger partial charge in [-0.25, -0.2) is 0 Å². The largest absolute Gasteiger partial charge is 0.381 e. The molecule has 1 aliphatic rings. The van der Waals surface area contributed by atoms with Crippen molar-refractivity contribution in [1.29, 1.82) is 0 Å². The van der Waals surface area contributed by atoms with Crippen LogP contribution < -0.4 is 0 Å². The van der Waals surface area contributed by atoms with Crippen molar-refractivity contribution in [1.82, 2.24) is 0 Å². The first kappa shape index (κ1) is 8.06. The highest BCUT2D eigenvalue weighted by molar-refractivity contribution is 4.77. The van der Waals surface area contributed by atoms with Crippen LogP contribution in [0.4, 0.5) is 0 Å². The molecule has 10 heavy (non-hydrogen) atoms. The molecule has 60 valence electrons. The van der Waals surface area contributed by atoms with E-state index in [0.717, 1.165) is 11.8 Å². The van der Waals surface area contributed by atoms with E-state index >= 15 is 0 Å². The van der Waals surface area contributed by atoms with Crippen LogP contribution in [0.15, 0.2) is 0 Å². The van der Waals surface area contributed by atoms with Crippen molar-refractivity contribution < 1.29 is 4.74 Å². The van der Waals surface area contributed by atoms with Gasteiger partial charge in [-0.1, -0.05) is 13.8 Å². The average molecular weight is 142 g/mol. The topological polar surface area (TPSA) is 9.23 Å². The third-order valence-electron chi connectivity index (χ3n) is 2.70. The van der Waals surface area contributed by atoms with Crippen molar-refractivity contribution in [2.24, 2.45) is 11.8 Å². The van der Waals surface area contributed by atoms with Gasteiger partial charge >= 0.3 is 0 Å². The van der Waals surface area contributed by atoms with Crippen molar-refractivity contribution in [2.75, 3.05) is 7.11 Å². The van der Waals surface area contributed by atoms with Crippen molar-refractivity contribution in [3.8, 4) is 0 Å². The highest BCUT2D eigenvalue weighted by Gasteiger charge is 2.26. The number of hydrogen-bond donors (Lipinski definition) is 0. The second kappa shape index (κ2) is 3.38. The molecule has 0 amide bonds. The molecule has 0 aromatic heterocycles. The van der Waals surface area contributed by atoms with Gasteiger partial charge in [0, 0.05) is 7.11 Å². The number of ether oxygens (including phenoxy) is 1. The van der Waals surface area contributed by atoms with Crippen LogP contribution in [-0.4, -0.2) is 13.2 Å². The maximum Gasteiger partial charge on any atom is 0.0574 e. The summed E-state index contributed by atoms with van der Waals surface area (Å²) in [6.45, 7) is 4.62. The lowest BCUT2D eigenvalue weighted by Gasteiger charge is -2.13. The Bertz CT molecular complexity index is 98.9. The summed E-state index contributed by atoms with van der Waals surface area (Å²) < 4.78 is 5.29. The van der Waals surface area contributed by atoms with Crippen LogP contribution in [0.2, 0.25) is 0 Å². The van der Waals surface area contributed by atoms with Gasteiger partial charge in [-0.05, 0) is 31.1 Å². The zero-order valence-electron chi connectivity index (χ0n) is 7.26. The van der Waals surface area contributed by atoms with Crippen molar-refractivity contribution in [3.63, 3.8) is 0 Å². The highest BCUT2D eigenvalue weighted by Crippen LogP contribution is 2.32. The molecule has 1 nitrogen and oxygen atoms in total. The van der Waals surface area contributed by atoms with Gasteiger partial charge in [-0.2, -0.15) is 0 Å². The molecule has 0 radical (unpaired) electrons.